The molecule has 27 heavy (non-hydrogen) atoms. The van der Waals surface area contributed by atoms with Crippen molar-refractivity contribution in [3.8, 4) is 11.5 Å². The van der Waals surface area contributed by atoms with E-state index in [-0.39, 0.29) is 11.5 Å². The number of ether oxygens (including phenoxy) is 4. The maximum atomic E-state index is 12.9. The fourth-order valence-corrected chi connectivity index (χ4v) is 4.59. The Bertz CT molecular complexity index is 1210. The van der Waals surface area contributed by atoms with E-state index < -0.39 is 34.3 Å². The number of hydrogen-bond donors (Lipinski definition) is 0. The van der Waals surface area contributed by atoms with Gasteiger partial charge in [0.2, 0.25) is 28.7 Å². The van der Waals surface area contributed by atoms with E-state index in [4.69, 9.17) is 18.9 Å². The van der Waals surface area contributed by atoms with Gasteiger partial charge in [0.15, 0.2) is 5.78 Å². The predicted octanol–water partition coefficient (Wildman–Crippen LogP) is 1.35. The van der Waals surface area contributed by atoms with Gasteiger partial charge in [0.1, 0.15) is 11.5 Å². The molecule has 1 saturated heterocycles. The molecule has 3 heterocycles. The van der Waals surface area contributed by atoms with Gasteiger partial charge in [-0.25, -0.2) is 0 Å². The molecule has 0 amide bonds. The molecular weight excluding hydrogens is 352 g/mol. The number of epoxide rings is 1. The van der Waals surface area contributed by atoms with E-state index in [1.54, 1.807) is 12.1 Å². The highest BCUT2D eigenvalue weighted by Gasteiger charge is 2.99. The molecule has 130 valence electrons. The summed E-state index contributed by atoms with van der Waals surface area (Å²) < 4.78 is 23.4. The smallest absolute Gasteiger partial charge is 0.357 e. The zero-order valence-corrected chi connectivity index (χ0v) is 13.5. The van der Waals surface area contributed by atoms with Gasteiger partial charge in [0, 0.05) is 0 Å². The number of fused-ring (bicyclic) bond motifs is 1. The molecule has 0 aromatic heterocycles. The number of ketones is 3. The van der Waals surface area contributed by atoms with Crippen molar-refractivity contribution in [2.45, 2.75) is 17.0 Å². The first-order valence-corrected chi connectivity index (χ1v) is 8.39. The summed E-state index contributed by atoms with van der Waals surface area (Å²) in [5.74, 6) is -2.72. The van der Waals surface area contributed by atoms with Crippen molar-refractivity contribution >= 4 is 28.1 Å². The summed E-state index contributed by atoms with van der Waals surface area (Å²) >= 11 is 0. The molecule has 7 nitrogen and oxygen atoms in total. The van der Waals surface area contributed by atoms with E-state index in [0.717, 1.165) is 22.9 Å². The van der Waals surface area contributed by atoms with Crippen LogP contribution < -0.4 is 9.47 Å². The van der Waals surface area contributed by atoms with Crippen LogP contribution in [0.25, 0.3) is 10.8 Å². The number of carbonyl (C=O) groups excluding carboxylic acids is 3. The molecule has 0 bridgehead atoms. The summed E-state index contributed by atoms with van der Waals surface area (Å²) in [6, 6.07) is 10.9. The Labute approximate surface area is 150 Å². The maximum absolute atomic E-state index is 12.9. The van der Waals surface area contributed by atoms with Crippen LogP contribution >= 0.6 is 0 Å². The van der Waals surface area contributed by atoms with E-state index in [1.807, 2.05) is 24.3 Å². The summed E-state index contributed by atoms with van der Waals surface area (Å²) in [5, 5.41) is 1.63. The first kappa shape index (κ1) is 13.7. The number of rotatable bonds is 0. The van der Waals surface area contributed by atoms with Gasteiger partial charge in [0.05, 0.1) is 5.39 Å². The molecule has 2 unspecified atom stereocenters. The molecule has 0 radical (unpaired) electrons. The van der Waals surface area contributed by atoms with Crippen LogP contribution in [-0.2, 0) is 23.9 Å². The van der Waals surface area contributed by atoms with Crippen molar-refractivity contribution in [2.75, 3.05) is 0 Å². The third-order valence-electron chi connectivity index (χ3n) is 5.83. The average Bonchev–Trinajstić information content (AvgIpc) is 3.57. The van der Waals surface area contributed by atoms with Crippen LogP contribution in [0.3, 0.4) is 0 Å². The molecule has 7 rings (SSSR count). The van der Waals surface area contributed by atoms with Gasteiger partial charge in [-0.2, -0.15) is 0 Å². The molecule has 2 aromatic carbocycles. The van der Waals surface area contributed by atoms with Gasteiger partial charge in [-0.05, 0) is 29.7 Å². The Balaban J connectivity index is 1.55. The topological polar surface area (TPSA) is 94.7 Å². The highest BCUT2D eigenvalue weighted by Crippen LogP contribution is 2.70. The molecule has 2 aliphatic carbocycles. The lowest BCUT2D eigenvalue weighted by atomic mass is 9.70. The SMILES string of the molecule is O=C1C=CC(=O)C23OC12C(=O)C1=C(O1)C31Oc2cccc3cccc(c23)O1. The fourth-order valence-electron chi connectivity index (χ4n) is 4.59. The first-order valence-electron chi connectivity index (χ1n) is 8.39. The summed E-state index contributed by atoms with van der Waals surface area (Å²) in [4.78, 5) is 38.3. The number of hydrogen-bond acceptors (Lipinski definition) is 7. The van der Waals surface area contributed by atoms with Gasteiger partial charge in [-0.15, -0.1) is 0 Å². The lowest BCUT2D eigenvalue weighted by Gasteiger charge is -2.40. The summed E-state index contributed by atoms with van der Waals surface area (Å²) in [7, 11) is 0. The Kier molecular flexibility index (Phi) is 1.85. The molecule has 7 heteroatoms. The normalized spacial score (nSPS) is 33.0. The maximum Gasteiger partial charge on any atom is 0.357 e. The van der Waals surface area contributed by atoms with Gasteiger partial charge in [0.25, 0.3) is 5.60 Å². The van der Waals surface area contributed by atoms with Gasteiger partial charge >= 0.3 is 5.79 Å². The first-order chi connectivity index (χ1) is 13.1. The van der Waals surface area contributed by atoms with E-state index in [9.17, 15) is 14.4 Å². The zero-order valence-electron chi connectivity index (χ0n) is 13.5. The zero-order chi connectivity index (χ0) is 18.2. The van der Waals surface area contributed by atoms with Crippen molar-refractivity contribution in [3.05, 3.63) is 60.1 Å². The van der Waals surface area contributed by atoms with Gasteiger partial charge in [-0.3, -0.25) is 14.4 Å². The van der Waals surface area contributed by atoms with Crippen LogP contribution in [0.15, 0.2) is 60.1 Å². The summed E-state index contributed by atoms with van der Waals surface area (Å²) in [6.45, 7) is 0. The molecule has 5 aliphatic rings. The van der Waals surface area contributed by atoms with Crippen LogP contribution in [0.2, 0.25) is 0 Å². The quantitative estimate of drug-likeness (QED) is 0.517. The van der Waals surface area contributed by atoms with E-state index >= 15 is 0 Å². The van der Waals surface area contributed by atoms with E-state index in [1.165, 1.54) is 0 Å². The highest BCUT2D eigenvalue weighted by atomic mass is 16.8. The van der Waals surface area contributed by atoms with Crippen LogP contribution in [0.1, 0.15) is 0 Å². The van der Waals surface area contributed by atoms with Crippen molar-refractivity contribution in [1.82, 2.24) is 0 Å². The Morgan fingerprint density at radius 1 is 0.815 bits per heavy atom. The highest BCUT2D eigenvalue weighted by molar-refractivity contribution is 6.34. The molecule has 2 aromatic rings. The molecular formula is C20H8O7. The van der Waals surface area contributed by atoms with Crippen molar-refractivity contribution < 1.29 is 33.3 Å². The third kappa shape index (κ3) is 1.14. The molecule has 1 fully saturated rings. The van der Waals surface area contributed by atoms with E-state index in [2.05, 4.69) is 0 Å². The fraction of sp³-hybridized carbons (Fsp3) is 0.150. The Morgan fingerprint density at radius 3 is 2.19 bits per heavy atom. The van der Waals surface area contributed by atoms with Gasteiger partial charge in [-0.1, -0.05) is 24.3 Å². The number of benzene rings is 2. The Hall–Kier alpha value is -3.45. The van der Waals surface area contributed by atoms with Crippen molar-refractivity contribution in [1.29, 1.82) is 0 Å². The summed E-state index contributed by atoms with van der Waals surface area (Å²) in [6.07, 6.45) is 2.16. The van der Waals surface area contributed by atoms with Crippen LogP contribution in [-0.4, -0.2) is 34.3 Å². The number of carbonyl (C=O) groups is 3. The van der Waals surface area contributed by atoms with Crippen molar-refractivity contribution in [3.63, 3.8) is 0 Å². The second-order valence-electron chi connectivity index (χ2n) is 7.05. The minimum absolute atomic E-state index is 0.0360. The standard InChI is InChI=1S/C20H8O7/c21-12-7-8-13(22)19-18(12,27-19)16(23)15-17(24-15)20(19)25-10-5-1-3-9-4-2-6-11(26-20)14(9)10/h1-8H. The second-order valence-corrected chi connectivity index (χ2v) is 7.05. The third-order valence-corrected chi connectivity index (χ3v) is 5.83. The second kappa shape index (κ2) is 3.65. The van der Waals surface area contributed by atoms with Crippen LogP contribution in [0.5, 0.6) is 11.5 Å². The van der Waals surface area contributed by atoms with Crippen LogP contribution in [0, 0.1) is 0 Å². The molecule has 1 spiro atoms. The Morgan fingerprint density at radius 2 is 1.48 bits per heavy atom. The predicted molar refractivity (Wildman–Crippen MR) is 86.8 cm³/mol. The minimum Gasteiger partial charge on any atom is -0.442 e. The lowest BCUT2D eigenvalue weighted by molar-refractivity contribution is -0.163. The van der Waals surface area contributed by atoms with Crippen LogP contribution in [0.4, 0.5) is 0 Å². The molecule has 0 saturated carbocycles. The van der Waals surface area contributed by atoms with Gasteiger partial charge < -0.3 is 18.9 Å². The average molecular weight is 360 g/mol. The molecule has 0 N–H and O–H groups in total. The number of Topliss-reactive ketones (excluding diaryl/α,β-unsaturated/α-hetero) is 1. The lowest BCUT2D eigenvalue weighted by Crippen LogP contribution is -2.67. The van der Waals surface area contributed by atoms with Crippen molar-refractivity contribution in [2.24, 2.45) is 0 Å². The monoisotopic (exact) mass is 360 g/mol. The molecule has 3 aliphatic heterocycles. The molecule has 2 atom stereocenters. The summed E-state index contributed by atoms with van der Waals surface area (Å²) in [5.41, 5.74) is -3.90. The minimum atomic E-state index is -1.98. The largest absolute Gasteiger partial charge is 0.442 e. The van der Waals surface area contributed by atoms with E-state index in [0.29, 0.717) is 11.5 Å².